The SMILES string of the molecule is Cn1c(SC(C(=O)NC2CC2)c2ccccc2)nc2ccsc2c1=O. The summed E-state index contributed by atoms with van der Waals surface area (Å²) in [6.07, 6.45) is 2.07. The Labute approximate surface area is 153 Å². The van der Waals surface area contributed by atoms with Gasteiger partial charge in [-0.25, -0.2) is 4.98 Å². The van der Waals surface area contributed by atoms with Crippen LogP contribution in [-0.4, -0.2) is 21.5 Å². The first kappa shape index (κ1) is 16.4. The van der Waals surface area contributed by atoms with E-state index >= 15 is 0 Å². The Morgan fingerprint density at radius 3 is 2.80 bits per heavy atom. The zero-order valence-corrected chi connectivity index (χ0v) is 15.3. The van der Waals surface area contributed by atoms with Gasteiger partial charge in [-0.3, -0.25) is 14.2 Å². The second kappa shape index (κ2) is 6.65. The number of aromatic nitrogens is 2. The van der Waals surface area contributed by atoms with Gasteiger partial charge in [0, 0.05) is 13.1 Å². The van der Waals surface area contributed by atoms with Crippen LogP contribution in [0.15, 0.2) is 51.7 Å². The fourth-order valence-corrected chi connectivity index (χ4v) is 4.46. The topological polar surface area (TPSA) is 64.0 Å². The maximum atomic E-state index is 12.8. The third kappa shape index (κ3) is 3.34. The quantitative estimate of drug-likeness (QED) is 0.553. The molecule has 25 heavy (non-hydrogen) atoms. The van der Waals surface area contributed by atoms with E-state index in [4.69, 9.17) is 0 Å². The van der Waals surface area contributed by atoms with E-state index in [9.17, 15) is 9.59 Å². The number of amides is 1. The summed E-state index contributed by atoms with van der Waals surface area (Å²) in [6.45, 7) is 0. The van der Waals surface area contributed by atoms with Gasteiger partial charge in [-0.2, -0.15) is 0 Å². The van der Waals surface area contributed by atoms with E-state index in [0.717, 1.165) is 18.4 Å². The Hall–Kier alpha value is -2.12. The summed E-state index contributed by atoms with van der Waals surface area (Å²) in [5.41, 5.74) is 1.52. The van der Waals surface area contributed by atoms with Crippen LogP contribution in [0.2, 0.25) is 0 Å². The van der Waals surface area contributed by atoms with Crippen LogP contribution in [0.25, 0.3) is 10.2 Å². The van der Waals surface area contributed by atoms with Crippen LogP contribution in [0.4, 0.5) is 0 Å². The van der Waals surface area contributed by atoms with Crippen LogP contribution in [0.5, 0.6) is 0 Å². The van der Waals surface area contributed by atoms with Crippen molar-refractivity contribution in [2.75, 3.05) is 0 Å². The van der Waals surface area contributed by atoms with E-state index in [0.29, 0.717) is 15.4 Å². The average molecular weight is 371 g/mol. The highest BCUT2D eigenvalue weighted by Crippen LogP contribution is 2.35. The number of benzene rings is 1. The van der Waals surface area contributed by atoms with Gasteiger partial charge in [-0.15, -0.1) is 11.3 Å². The first-order chi connectivity index (χ1) is 12.1. The predicted molar refractivity (Wildman–Crippen MR) is 101 cm³/mol. The summed E-state index contributed by atoms with van der Waals surface area (Å²) in [4.78, 5) is 29.9. The van der Waals surface area contributed by atoms with Crippen LogP contribution in [0, 0.1) is 0 Å². The Kier molecular flexibility index (Phi) is 4.35. The van der Waals surface area contributed by atoms with Gasteiger partial charge in [0.05, 0.1) is 5.52 Å². The molecule has 7 heteroatoms. The molecule has 1 aliphatic carbocycles. The number of fused-ring (bicyclic) bond motifs is 1. The molecule has 1 N–H and O–H groups in total. The molecule has 128 valence electrons. The van der Waals surface area contributed by atoms with Crippen molar-refractivity contribution in [3.8, 4) is 0 Å². The summed E-state index contributed by atoms with van der Waals surface area (Å²) in [5.74, 6) is -0.0293. The summed E-state index contributed by atoms with van der Waals surface area (Å²) < 4.78 is 2.18. The Morgan fingerprint density at radius 1 is 1.32 bits per heavy atom. The van der Waals surface area contributed by atoms with Gasteiger partial charge in [0.2, 0.25) is 5.91 Å². The second-order valence-electron chi connectivity index (χ2n) is 6.08. The van der Waals surface area contributed by atoms with Crippen molar-refractivity contribution >= 4 is 39.2 Å². The van der Waals surface area contributed by atoms with Gasteiger partial charge >= 0.3 is 0 Å². The van der Waals surface area contributed by atoms with E-state index in [1.54, 1.807) is 7.05 Å². The minimum absolute atomic E-state index is 0.0293. The Bertz CT molecular complexity index is 977. The van der Waals surface area contributed by atoms with Gasteiger partial charge < -0.3 is 5.32 Å². The highest BCUT2D eigenvalue weighted by atomic mass is 32.2. The van der Waals surface area contributed by atoms with E-state index in [1.807, 2.05) is 41.8 Å². The highest BCUT2D eigenvalue weighted by Gasteiger charge is 2.30. The van der Waals surface area contributed by atoms with Crippen LogP contribution in [0.1, 0.15) is 23.7 Å². The number of hydrogen-bond acceptors (Lipinski definition) is 5. The molecule has 0 aliphatic heterocycles. The maximum Gasteiger partial charge on any atom is 0.271 e. The van der Waals surface area contributed by atoms with Crippen molar-refractivity contribution in [3.63, 3.8) is 0 Å². The smallest absolute Gasteiger partial charge is 0.271 e. The van der Waals surface area contributed by atoms with Gasteiger partial charge in [-0.05, 0) is 29.9 Å². The molecule has 1 aromatic carbocycles. The lowest BCUT2D eigenvalue weighted by Crippen LogP contribution is -2.30. The summed E-state index contributed by atoms with van der Waals surface area (Å²) in [7, 11) is 1.71. The van der Waals surface area contributed by atoms with Crippen LogP contribution in [-0.2, 0) is 11.8 Å². The standard InChI is InChI=1S/C18H17N3O2S2/c1-21-17(23)15-13(9-10-24-15)20-18(21)25-14(11-5-3-2-4-6-11)16(22)19-12-7-8-12/h2-6,9-10,12,14H,7-8H2,1H3,(H,19,22). The van der Waals surface area contributed by atoms with Crippen molar-refractivity contribution in [3.05, 3.63) is 57.7 Å². The Morgan fingerprint density at radius 2 is 2.08 bits per heavy atom. The Balaban J connectivity index is 1.72. The summed E-state index contributed by atoms with van der Waals surface area (Å²) in [5, 5.41) is 5.05. The van der Waals surface area contributed by atoms with E-state index in [-0.39, 0.29) is 17.5 Å². The lowest BCUT2D eigenvalue weighted by Gasteiger charge is -2.17. The normalized spacial score (nSPS) is 15.2. The fourth-order valence-electron chi connectivity index (χ4n) is 2.58. The van der Waals surface area contributed by atoms with Crippen molar-refractivity contribution in [2.24, 2.45) is 7.05 Å². The molecule has 5 nitrogen and oxygen atoms in total. The van der Waals surface area contributed by atoms with Crippen molar-refractivity contribution in [1.82, 2.24) is 14.9 Å². The molecule has 2 heterocycles. The first-order valence-electron chi connectivity index (χ1n) is 8.09. The highest BCUT2D eigenvalue weighted by molar-refractivity contribution is 8.00. The zero-order valence-electron chi connectivity index (χ0n) is 13.6. The molecular formula is C18H17N3O2S2. The molecule has 0 spiro atoms. The number of thiophene rings is 1. The molecular weight excluding hydrogens is 354 g/mol. The molecule has 1 saturated carbocycles. The molecule has 0 bridgehead atoms. The van der Waals surface area contributed by atoms with Crippen molar-refractivity contribution in [2.45, 2.75) is 29.3 Å². The number of nitrogens with one attached hydrogen (secondary N) is 1. The van der Waals surface area contributed by atoms with E-state index in [2.05, 4.69) is 10.3 Å². The lowest BCUT2D eigenvalue weighted by atomic mass is 10.1. The van der Waals surface area contributed by atoms with Gasteiger partial charge in [0.15, 0.2) is 5.16 Å². The number of rotatable bonds is 5. The van der Waals surface area contributed by atoms with Gasteiger partial charge in [-0.1, -0.05) is 42.1 Å². The fraction of sp³-hybridized carbons (Fsp3) is 0.278. The molecule has 0 radical (unpaired) electrons. The number of thioether (sulfide) groups is 1. The zero-order chi connectivity index (χ0) is 17.4. The molecule has 0 saturated heterocycles. The minimum atomic E-state index is -0.434. The molecule has 4 rings (SSSR count). The molecule has 2 aromatic heterocycles. The number of carbonyl (C=O) groups is 1. The minimum Gasteiger partial charge on any atom is -0.352 e. The molecule has 1 aliphatic rings. The molecule has 1 amide bonds. The number of nitrogens with zero attached hydrogens (tertiary/aromatic N) is 2. The average Bonchev–Trinajstić information content (AvgIpc) is 3.31. The monoisotopic (exact) mass is 371 g/mol. The molecule has 3 aromatic rings. The van der Waals surface area contributed by atoms with Gasteiger partial charge in [0.25, 0.3) is 5.56 Å². The summed E-state index contributed by atoms with van der Waals surface area (Å²) >= 11 is 2.71. The molecule has 1 unspecified atom stereocenters. The van der Waals surface area contributed by atoms with E-state index in [1.165, 1.54) is 27.7 Å². The second-order valence-corrected chi connectivity index (χ2v) is 8.07. The maximum absolute atomic E-state index is 12.8. The lowest BCUT2D eigenvalue weighted by molar-refractivity contribution is -0.120. The van der Waals surface area contributed by atoms with Crippen LogP contribution < -0.4 is 10.9 Å². The summed E-state index contributed by atoms with van der Waals surface area (Å²) in [6, 6.07) is 11.8. The number of hydrogen-bond donors (Lipinski definition) is 1. The third-order valence-corrected chi connectivity index (χ3v) is 6.32. The van der Waals surface area contributed by atoms with Crippen molar-refractivity contribution in [1.29, 1.82) is 0 Å². The van der Waals surface area contributed by atoms with Crippen LogP contribution in [0.3, 0.4) is 0 Å². The van der Waals surface area contributed by atoms with E-state index < -0.39 is 5.25 Å². The predicted octanol–water partition coefficient (Wildman–Crippen LogP) is 3.11. The molecule has 1 atom stereocenters. The van der Waals surface area contributed by atoms with Crippen LogP contribution >= 0.6 is 23.1 Å². The first-order valence-corrected chi connectivity index (χ1v) is 9.85. The largest absolute Gasteiger partial charge is 0.352 e. The van der Waals surface area contributed by atoms with Gasteiger partial charge in [0.1, 0.15) is 9.95 Å². The number of carbonyl (C=O) groups excluding carboxylic acids is 1. The van der Waals surface area contributed by atoms with Crippen molar-refractivity contribution < 1.29 is 4.79 Å². The molecule has 1 fully saturated rings. The third-order valence-electron chi connectivity index (χ3n) is 4.13.